The molecule has 0 atom stereocenters. The summed E-state index contributed by atoms with van der Waals surface area (Å²) in [6.45, 7) is 5.42. The van der Waals surface area contributed by atoms with E-state index in [-0.39, 0.29) is 0 Å². The minimum absolute atomic E-state index is 0.826. The van der Waals surface area contributed by atoms with Gasteiger partial charge in [-0.2, -0.15) is 5.10 Å². The predicted octanol–water partition coefficient (Wildman–Crippen LogP) is 3.03. The van der Waals surface area contributed by atoms with Gasteiger partial charge in [0.2, 0.25) is 0 Å². The van der Waals surface area contributed by atoms with E-state index in [4.69, 9.17) is 11.6 Å². The number of thiophene rings is 1. The Balaban J connectivity index is 1.71. The molecule has 17 heavy (non-hydrogen) atoms. The van der Waals surface area contributed by atoms with Gasteiger partial charge in [0, 0.05) is 35.9 Å². The summed E-state index contributed by atoms with van der Waals surface area (Å²) in [6.07, 6.45) is 6.49. The third-order valence-electron chi connectivity index (χ3n) is 2.35. The molecule has 5 heteroatoms. The van der Waals surface area contributed by atoms with Gasteiger partial charge >= 0.3 is 0 Å². The first-order valence-electron chi connectivity index (χ1n) is 5.38. The van der Waals surface area contributed by atoms with Gasteiger partial charge in [0.15, 0.2) is 0 Å². The second-order valence-corrected chi connectivity index (χ2v) is 5.44. The molecular formula is C12H14ClN3S. The summed E-state index contributed by atoms with van der Waals surface area (Å²) in [5, 5.41) is 7.49. The van der Waals surface area contributed by atoms with Crippen molar-refractivity contribution in [3.8, 4) is 0 Å². The molecule has 2 heterocycles. The van der Waals surface area contributed by atoms with Crippen LogP contribution >= 0.6 is 22.9 Å². The van der Waals surface area contributed by atoms with Crippen molar-refractivity contribution in [3.05, 3.63) is 45.9 Å². The highest BCUT2D eigenvalue weighted by molar-refractivity contribution is 7.16. The van der Waals surface area contributed by atoms with Gasteiger partial charge in [-0.1, -0.05) is 18.2 Å². The van der Waals surface area contributed by atoms with Crippen LogP contribution in [-0.2, 0) is 13.0 Å². The molecule has 0 aliphatic carbocycles. The molecule has 0 aromatic carbocycles. The molecule has 0 saturated carbocycles. The van der Waals surface area contributed by atoms with Crippen molar-refractivity contribution in [2.45, 2.75) is 13.0 Å². The Morgan fingerprint density at radius 2 is 2.41 bits per heavy atom. The van der Waals surface area contributed by atoms with Crippen LogP contribution in [0.4, 0.5) is 0 Å². The Morgan fingerprint density at radius 1 is 1.53 bits per heavy atom. The molecule has 1 N–H and O–H groups in total. The van der Waals surface area contributed by atoms with Crippen molar-refractivity contribution in [1.29, 1.82) is 0 Å². The third kappa shape index (κ3) is 3.70. The molecule has 0 fully saturated rings. The standard InChI is InChI=1S/C12H14ClN3S/c1-2-16-9-10(8-15-16)7-14-6-5-11-3-4-12(13)17-11/h2-4,8-9,14H,1,5-7H2. The lowest BCUT2D eigenvalue weighted by atomic mass is 10.3. The van der Waals surface area contributed by atoms with Gasteiger partial charge in [-0.3, -0.25) is 0 Å². The van der Waals surface area contributed by atoms with Gasteiger partial charge in [-0.15, -0.1) is 11.3 Å². The van der Waals surface area contributed by atoms with Gasteiger partial charge in [-0.05, 0) is 18.6 Å². The van der Waals surface area contributed by atoms with Crippen molar-refractivity contribution >= 4 is 29.1 Å². The Labute approximate surface area is 110 Å². The SMILES string of the molecule is C=Cn1cc(CNCCc2ccc(Cl)s2)cn1. The van der Waals surface area contributed by atoms with Crippen LogP contribution in [0.25, 0.3) is 6.20 Å². The van der Waals surface area contributed by atoms with Crippen molar-refractivity contribution < 1.29 is 0 Å². The molecule has 0 aliphatic rings. The first-order chi connectivity index (χ1) is 8.28. The van der Waals surface area contributed by atoms with Gasteiger partial charge in [0.05, 0.1) is 10.5 Å². The summed E-state index contributed by atoms with van der Waals surface area (Å²) >= 11 is 7.50. The van der Waals surface area contributed by atoms with Crippen LogP contribution < -0.4 is 5.32 Å². The molecule has 3 nitrogen and oxygen atoms in total. The average Bonchev–Trinajstić information content (AvgIpc) is 2.93. The highest BCUT2D eigenvalue weighted by Gasteiger charge is 1.99. The lowest BCUT2D eigenvalue weighted by molar-refractivity contribution is 0.690. The summed E-state index contributed by atoms with van der Waals surface area (Å²) in [4.78, 5) is 1.31. The summed E-state index contributed by atoms with van der Waals surface area (Å²) in [6, 6.07) is 4.01. The van der Waals surface area contributed by atoms with E-state index in [0.29, 0.717) is 0 Å². The third-order valence-corrected chi connectivity index (χ3v) is 3.64. The monoisotopic (exact) mass is 267 g/mol. The lowest BCUT2D eigenvalue weighted by Crippen LogP contribution is -2.15. The van der Waals surface area contributed by atoms with Crippen LogP contribution in [0.5, 0.6) is 0 Å². The van der Waals surface area contributed by atoms with E-state index in [0.717, 1.165) is 29.4 Å². The molecule has 0 bridgehead atoms. The second-order valence-electron chi connectivity index (χ2n) is 3.64. The quantitative estimate of drug-likeness (QED) is 0.816. The minimum atomic E-state index is 0.826. The van der Waals surface area contributed by atoms with Crippen LogP contribution in [0.15, 0.2) is 31.1 Å². The van der Waals surface area contributed by atoms with E-state index in [1.54, 1.807) is 22.2 Å². The van der Waals surface area contributed by atoms with Crippen LogP contribution in [0.1, 0.15) is 10.4 Å². The van der Waals surface area contributed by atoms with Crippen molar-refractivity contribution in [3.63, 3.8) is 0 Å². The fourth-order valence-electron chi connectivity index (χ4n) is 1.50. The summed E-state index contributed by atoms with van der Waals surface area (Å²) in [5.41, 5.74) is 1.16. The van der Waals surface area contributed by atoms with E-state index in [2.05, 4.69) is 23.1 Å². The topological polar surface area (TPSA) is 29.9 Å². The Hall–Kier alpha value is -1.10. The molecular weight excluding hydrogens is 254 g/mol. The van der Waals surface area contributed by atoms with E-state index in [1.165, 1.54) is 4.88 Å². The van der Waals surface area contributed by atoms with Crippen molar-refractivity contribution in [1.82, 2.24) is 15.1 Å². The average molecular weight is 268 g/mol. The molecule has 2 aromatic rings. The van der Waals surface area contributed by atoms with E-state index in [1.807, 2.05) is 18.5 Å². The number of nitrogens with zero attached hydrogens (tertiary/aromatic N) is 2. The summed E-state index contributed by atoms with van der Waals surface area (Å²) in [7, 11) is 0. The minimum Gasteiger partial charge on any atom is -0.312 e. The molecule has 0 spiro atoms. The van der Waals surface area contributed by atoms with E-state index >= 15 is 0 Å². The maximum Gasteiger partial charge on any atom is 0.0931 e. The zero-order valence-corrected chi connectivity index (χ0v) is 11.0. The van der Waals surface area contributed by atoms with Crippen molar-refractivity contribution in [2.75, 3.05) is 6.54 Å². The second kappa shape index (κ2) is 6.00. The molecule has 2 rings (SSSR count). The predicted molar refractivity (Wildman–Crippen MR) is 73.4 cm³/mol. The molecule has 2 aromatic heterocycles. The van der Waals surface area contributed by atoms with Crippen LogP contribution in [0.3, 0.4) is 0 Å². The molecule has 0 aliphatic heterocycles. The van der Waals surface area contributed by atoms with Gasteiger partial charge in [0.25, 0.3) is 0 Å². The number of hydrogen-bond acceptors (Lipinski definition) is 3. The highest BCUT2D eigenvalue weighted by Crippen LogP contribution is 2.21. The van der Waals surface area contributed by atoms with Gasteiger partial charge in [-0.25, -0.2) is 4.68 Å². The largest absolute Gasteiger partial charge is 0.312 e. The Morgan fingerprint density at radius 3 is 3.06 bits per heavy atom. The zero-order chi connectivity index (χ0) is 12.1. The summed E-state index contributed by atoms with van der Waals surface area (Å²) in [5.74, 6) is 0. The zero-order valence-electron chi connectivity index (χ0n) is 9.40. The molecule has 0 amide bonds. The summed E-state index contributed by atoms with van der Waals surface area (Å²) < 4.78 is 2.56. The Bertz CT molecular complexity index is 489. The number of rotatable bonds is 6. The first-order valence-corrected chi connectivity index (χ1v) is 6.58. The van der Waals surface area contributed by atoms with E-state index < -0.39 is 0 Å². The molecule has 90 valence electrons. The first kappa shape index (κ1) is 12.4. The van der Waals surface area contributed by atoms with Crippen molar-refractivity contribution in [2.24, 2.45) is 0 Å². The highest BCUT2D eigenvalue weighted by atomic mass is 35.5. The Kier molecular flexibility index (Phi) is 4.36. The maximum atomic E-state index is 5.87. The number of nitrogens with one attached hydrogen (secondary N) is 1. The van der Waals surface area contributed by atoms with Crippen LogP contribution in [0, 0.1) is 0 Å². The number of halogens is 1. The maximum absolute atomic E-state index is 5.87. The molecule has 0 saturated heterocycles. The van der Waals surface area contributed by atoms with Crippen LogP contribution in [-0.4, -0.2) is 16.3 Å². The fraction of sp³-hybridized carbons (Fsp3) is 0.250. The smallest absolute Gasteiger partial charge is 0.0931 e. The lowest BCUT2D eigenvalue weighted by Gasteiger charge is -2.00. The molecule has 0 radical (unpaired) electrons. The van der Waals surface area contributed by atoms with E-state index in [9.17, 15) is 0 Å². The van der Waals surface area contributed by atoms with Gasteiger partial charge < -0.3 is 5.32 Å². The molecule has 0 unspecified atom stereocenters. The number of aromatic nitrogens is 2. The van der Waals surface area contributed by atoms with Crippen LogP contribution in [0.2, 0.25) is 4.34 Å². The normalized spacial score (nSPS) is 10.6. The number of hydrogen-bond donors (Lipinski definition) is 1. The fourth-order valence-corrected chi connectivity index (χ4v) is 2.59. The van der Waals surface area contributed by atoms with Gasteiger partial charge in [0.1, 0.15) is 0 Å².